The van der Waals surface area contributed by atoms with Crippen LogP contribution in [0.4, 0.5) is 5.69 Å². The molecule has 2 aromatic carbocycles. The van der Waals surface area contributed by atoms with Crippen molar-refractivity contribution in [3.63, 3.8) is 0 Å². The number of H-pyrrole nitrogens is 1. The van der Waals surface area contributed by atoms with E-state index in [0.717, 1.165) is 10.9 Å². The fourth-order valence-electron chi connectivity index (χ4n) is 1.92. The Bertz CT molecular complexity index is 798. The van der Waals surface area contributed by atoms with Gasteiger partial charge in [0.1, 0.15) is 0 Å². The number of anilines is 1. The largest absolute Gasteiger partial charge is 0.319 e. The van der Waals surface area contributed by atoms with Gasteiger partial charge in [0.2, 0.25) is 0 Å². The lowest BCUT2D eigenvalue weighted by Gasteiger charge is -2.06. The van der Waals surface area contributed by atoms with Gasteiger partial charge in [0.15, 0.2) is 5.69 Å². The van der Waals surface area contributed by atoms with Crippen molar-refractivity contribution in [2.75, 3.05) is 5.32 Å². The van der Waals surface area contributed by atoms with Gasteiger partial charge >= 0.3 is 0 Å². The van der Waals surface area contributed by atoms with Gasteiger partial charge in [0.25, 0.3) is 5.91 Å². The first-order valence-corrected chi connectivity index (χ1v) is 6.61. The summed E-state index contributed by atoms with van der Waals surface area (Å²) in [6.07, 6.45) is 0. The minimum atomic E-state index is -0.341. The maximum Gasteiger partial charge on any atom is 0.276 e. The van der Waals surface area contributed by atoms with Gasteiger partial charge in [-0.2, -0.15) is 5.10 Å². The zero-order valence-electron chi connectivity index (χ0n) is 10.2. The van der Waals surface area contributed by atoms with Crippen molar-refractivity contribution in [3.8, 4) is 0 Å². The van der Waals surface area contributed by atoms with Crippen LogP contribution in [0.3, 0.4) is 0 Å². The number of hydrogen-bond acceptors (Lipinski definition) is 2. The summed E-state index contributed by atoms with van der Waals surface area (Å²) >= 11 is 12.0. The molecule has 0 aliphatic carbocycles. The lowest BCUT2D eigenvalue weighted by Crippen LogP contribution is -2.13. The maximum atomic E-state index is 12.3. The van der Waals surface area contributed by atoms with Gasteiger partial charge < -0.3 is 5.32 Å². The predicted molar refractivity (Wildman–Crippen MR) is 80.5 cm³/mol. The van der Waals surface area contributed by atoms with Crippen LogP contribution >= 0.6 is 23.2 Å². The van der Waals surface area contributed by atoms with E-state index in [4.69, 9.17) is 23.2 Å². The molecule has 6 heteroatoms. The molecule has 1 heterocycles. The molecule has 3 rings (SSSR count). The molecule has 1 amide bonds. The predicted octanol–water partition coefficient (Wildman–Crippen LogP) is 4.12. The lowest BCUT2D eigenvalue weighted by molar-refractivity contribution is 0.102. The Labute approximate surface area is 124 Å². The summed E-state index contributed by atoms with van der Waals surface area (Å²) in [5, 5.41) is 11.0. The fraction of sp³-hybridized carbons (Fsp3) is 0. The number of carbonyl (C=O) groups excluding carboxylic acids is 1. The Morgan fingerprint density at radius 2 is 1.90 bits per heavy atom. The fourth-order valence-corrected chi connectivity index (χ4v) is 2.27. The second kappa shape index (κ2) is 5.15. The van der Waals surface area contributed by atoms with Crippen LogP contribution in [0.15, 0.2) is 42.5 Å². The molecular formula is C14H9Cl2N3O. The smallest absolute Gasteiger partial charge is 0.276 e. The van der Waals surface area contributed by atoms with Crippen LogP contribution in [0.5, 0.6) is 0 Å². The topological polar surface area (TPSA) is 57.8 Å². The summed E-state index contributed by atoms with van der Waals surface area (Å²) in [6, 6.07) is 12.5. The average molecular weight is 306 g/mol. The lowest BCUT2D eigenvalue weighted by atomic mass is 10.2. The Hall–Kier alpha value is -2.04. The Morgan fingerprint density at radius 1 is 1.10 bits per heavy atom. The van der Waals surface area contributed by atoms with Crippen LogP contribution in [-0.4, -0.2) is 16.1 Å². The molecule has 0 aliphatic heterocycles. The third-order valence-electron chi connectivity index (χ3n) is 2.89. The number of amides is 1. The van der Waals surface area contributed by atoms with Crippen molar-refractivity contribution in [2.24, 2.45) is 0 Å². The number of aromatic nitrogens is 2. The van der Waals surface area contributed by atoms with Gasteiger partial charge in [-0.25, -0.2) is 0 Å². The Morgan fingerprint density at radius 3 is 2.75 bits per heavy atom. The zero-order valence-corrected chi connectivity index (χ0v) is 11.7. The van der Waals surface area contributed by atoms with E-state index in [2.05, 4.69) is 15.5 Å². The molecule has 0 saturated heterocycles. The summed E-state index contributed by atoms with van der Waals surface area (Å²) in [6.45, 7) is 0. The van der Waals surface area contributed by atoms with Crippen molar-refractivity contribution in [2.45, 2.75) is 0 Å². The Balaban J connectivity index is 1.95. The summed E-state index contributed by atoms with van der Waals surface area (Å²) < 4.78 is 0. The number of carbonyl (C=O) groups is 1. The minimum Gasteiger partial charge on any atom is -0.319 e. The number of benzene rings is 2. The molecule has 0 fully saturated rings. The molecule has 0 spiro atoms. The van der Waals surface area contributed by atoms with Gasteiger partial charge in [0, 0.05) is 5.39 Å². The Kier molecular flexibility index (Phi) is 3.34. The van der Waals surface area contributed by atoms with Gasteiger partial charge in [0.05, 0.1) is 21.2 Å². The molecule has 0 unspecified atom stereocenters. The molecule has 0 aliphatic rings. The van der Waals surface area contributed by atoms with Gasteiger partial charge in [-0.1, -0.05) is 47.5 Å². The van der Waals surface area contributed by atoms with Crippen molar-refractivity contribution in [3.05, 3.63) is 58.2 Å². The minimum absolute atomic E-state index is 0.308. The highest BCUT2D eigenvalue weighted by molar-refractivity contribution is 6.44. The van der Waals surface area contributed by atoms with E-state index in [0.29, 0.717) is 21.4 Å². The van der Waals surface area contributed by atoms with Crippen LogP contribution in [0.1, 0.15) is 10.5 Å². The van der Waals surface area contributed by atoms with Gasteiger partial charge in [-0.05, 0) is 18.2 Å². The highest BCUT2D eigenvalue weighted by atomic mass is 35.5. The third-order valence-corrected chi connectivity index (χ3v) is 3.70. The first-order chi connectivity index (χ1) is 9.66. The quantitative estimate of drug-likeness (QED) is 0.748. The van der Waals surface area contributed by atoms with Crippen LogP contribution < -0.4 is 5.32 Å². The summed E-state index contributed by atoms with van der Waals surface area (Å²) in [4.78, 5) is 12.3. The van der Waals surface area contributed by atoms with E-state index in [1.165, 1.54) is 0 Å². The van der Waals surface area contributed by atoms with Gasteiger partial charge in [-0.3, -0.25) is 9.89 Å². The molecule has 0 saturated carbocycles. The van der Waals surface area contributed by atoms with E-state index in [-0.39, 0.29) is 5.91 Å². The summed E-state index contributed by atoms with van der Waals surface area (Å²) in [5.41, 5.74) is 1.57. The second-order valence-electron chi connectivity index (χ2n) is 4.17. The molecule has 0 bridgehead atoms. The second-order valence-corrected chi connectivity index (χ2v) is 4.96. The highest BCUT2D eigenvalue weighted by Crippen LogP contribution is 2.30. The molecule has 3 aromatic rings. The van der Waals surface area contributed by atoms with Crippen LogP contribution in [0, 0.1) is 0 Å². The van der Waals surface area contributed by atoms with Crippen molar-refractivity contribution >= 4 is 45.7 Å². The molecule has 100 valence electrons. The van der Waals surface area contributed by atoms with Gasteiger partial charge in [-0.15, -0.1) is 0 Å². The molecule has 1 aromatic heterocycles. The third kappa shape index (κ3) is 2.24. The molecular weight excluding hydrogens is 297 g/mol. The molecule has 20 heavy (non-hydrogen) atoms. The van der Waals surface area contributed by atoms with E-state index in [1.54, 1.807) is 18.2 Å². The van der Waals surface area contributed by atoms with Crippen molar-refractivity contribution < 1.29 is 4.79 Å². The summed E-state index contributed by atoms with van der Waals surface area (Å²) in [7, 11) is 0. The van der Waals surface area contributed by atoms with Crippen LogP contribution in [-0.2, 0) is 0 Å². The van der Waals surface area contributed by atoms with Crippen molar-refractivity contribution in [1.29, 1.82) is 0 Å². The number of para-hydroxylation sites is 1. The van der Waals surface area contributed by atoms with E-state index < -0.39 is 0 Å². The highest BCUT2D eigenvalue weighted by Gasteiger charge is 2.15. The first-order valence-electron chi connectivity index (χ1n) is 5.85. The molecule has 4 nitrogen and oxygen atoms in total. The molecule has 2 N–H and O–H groups in total. The maximum absolute atomic E-state index is 12.3. The number of halogens is 2. The molecule has 0 radical (unpaired) electrons. The number of aromatic amines is 1. The number of hydrogen-bond donors (Lipinski definition) is 2. The SMILES string of the molecule is O=C(Nc1cccc(Cl)c1Cl)c1n[nH]c2ccccc12. The standard InChI is InChI=1S/C14H9Cl2N3O/c15-9-5-3-7-11(12(9)16)17-14(20)13-8-4-1-2-6-10(8)18-19-13/h1-7H,(H,17,20)(H,18,19). The monoisotopic (exact) mass is 305 g/mol. The normalized spacial score (nSPS) is 10.7. The van der Waals surface area contributed by atoms with Crippen LogP contribution in [0.2, 0.25) is 10.0 Å². The van der Waals surface area contributed by atoms with E-state index in [1.807, 2.05) is 24.3 Å². The average Bonchev–Trinajstić information content (AvgIpc) is 2.88. The number of nitrogens with zero attached hydrogens (tertiary/aromatic N) is 1. The van der Waals surface area contributed by atoms with E-state index in [9.17, 15) is 4.79 Å². The first kappa shape index (κ1) is 13.0. The summed E-state index contributed by atoms with van der Waals surface area (Å²) in [5.74, 6) is -0.341. The zero-order chi connectivity index (χ0) is 14.1. The van der Waals surface area contributed by atoms with Crippen molar-refractivity contribution in [1.82, 2.24) is 10.2 Å². The number of fused-ring (bicyclic) bond motifs is 1. The van der Waals surface area contributed by atoms with E-state index >= 15 is 0 Å². The molecule has 0 atom stereocenters. The van der Waals surface area contributed by atoms with Crippen LogP contribution in [0.25, 0.3) is 10.9 Å². The number of nitrogens with one attached hydrogen (secondary N) is 2. The number of rotatable bonds is 2.